The molecule has 6 N–H and O–H groups in total. The van der Waals surface area contributed by atoms with Crippen LogP contribution >= 0.6 is 0 Å². The number of pyridine rings is 1. The van der Waals surface area contributed by atoms with E-state index in [1.807, 2.05) is 66.9 Å². The van der Waals surface area contributed by atoms with Gasteiger partial charge in [0, 0.05) is 63.1 Å². The molecule has 1 aliphatic carbocycles. The number of carbonyl (C=O) groups is 1. The van der Waals surface area contributed by atoms with Crippen LogP contribution in [0.25, 0.3) is 78.9 Å². The van der Waals surface area contributed by atoms with Gasteiger partial charge in [-0.25, -0.2) is 29.9 Å². The highest BCUT2D eigenvalue weighted by Gasteiger charge is 2.28. The number of aromatic amines is 2. The molecule has 0 atom stereocenters. The fourth-order valence-electron chi connectivity index (χ4n) is 8.06. The zero-order valence-electron chi connectivity index (χ0n) is 31.8. The van der Waals surface area contributed by atoms with E-state index in [0.717, 1.165) is 52.5 Å². The lowest BCUT2D eigenvalue weighted by atomic mass is 9.95. The van der Waals surface area contributed by atoms with E-state index in [-0.39, 0.29) is 25.7 Å². The normalized spacial score (nSPS) is 12.8. The van der Waals surface area contributed by atoms with E-state index in [1.165, 1.54) is 0 Å². The molecule has 14 nitrogen and oxygen atoms in total. The molecule has 0 fully saturated rings. The van der Waals surface area contributed by atoms with E-state index in [4.69, 9.17) is 29.9 Å². The number of fused-ring (bicyclic) bond motifs is 20. The highest BCUT2D eigenvalue weighted by atomic mass is 16.3. The number of nitrogens with zero attached hydrogens (tertiary/aromatic N) is 7. The lowest BCUT2D eigenvalue weighted by Gasteiger charge is -2.11. The van der Waals surface area contributed by atoms with Crippen molar-refractivity contribution in [3.05, 3.63) is 124 Å². The number of benzene rings is 3. The molecule has 3 aliphatic rings. The number of rotatable bonds is 9. The van der Waals surface area contributed by atoms with E-state index in [9.17, 15) is 20.1 Å². The van der Waals surface area contributed by atoms with Gasteiger partial charge in [0.15, 0.2) is 23.3 Å². The second-order valence-corrected chi connectivity index (χ2v) is 14.8. The molecule has 0 radical (unpaired) electrons. The van der Waals surface area contributed by atoms with Gasteiger partial charge in [-0.1, -0.05) is 48.5 Å². The Morgan fingerprint density at radius 1 is 0.644 bits per heavy atom. The summed E-state index contributed by atoms with van der Waals surface area (Å²) in [5.41, 5.74) is 10.3. The van der Waals surface area contributed by atoms with E-state index in [2.05, 4.69) is 26.3 Å². The third-order valence-corrected chi connectivity index (χ3v) is 11.1. The zero-order valence-corrected chi connectivity index (χ0v) is 31.8. The minimum atomic E-state index is -0.245. The van der Waals surface area contributed by atoms with Gasteiger partial charge in [-0.3, -0.25) is 9.78 Å². The van der Waals surface area contributed by atoms with Crippen LogP contribution < -0.4 is 5.32 Å². The Balaban J connectivity index is 1.19. The number of hydrogen-bond donors (Lipinski definition) is 6. The van der Waals surface area contributed by atoms with Crippen LogP contribution in [0.2, 0.25) is 0 Å². The van der Waals surface area contributed by atoms with Crippen LogP contribution in [0.5, 0.6) is 0 Å². The number of aliphatic hydroxyl groups is 3. The van der Waals surface area contributed by atoms with Crippen LogP contribution in [0.1, 0.15) is 51.0 Å². The summed E-state index contributed by atoms with van der Waals surface area (Å²) in [6.07, 6.45) is 9.18. The molecule has 14 heteroatoms. The van der Waals surface area contributed by atoms with Crippen LogP contribution in [-0.4, -0.2) is 79.2 Å². The average molecular weight is 783 g/mol. The summed E-state index contributed by atoms with van der Waals surface area (Å²) in [5.74, 6) is 1.24. The number of aromatic nitrogens is 9. The predicted molar refractivity (Wildman–Crippen MR) is 222 cm³/mol. The minimum Gasteiger partial charge on any atom is -0.392 e. The molecule has 3 aromatic carbocycles. The summed E-state index contributed by atoms with van der Waals surface area (Å²) in [7, 11) is 0. The van der Waals surface area contributed by atoms with Gasteiger partial charge in [0.2, 0.25) is 0 Å². The molecule has 0 saturated carbocycles. The summed E-state index contributed by atoms with van der Waals surface area (Å²) in [5, 5.41) is 34.9. The van der Waals surface area contributed by atoms with Crippen molar-refractivity contribution in [2.24, 2.45) is 0 Å². The Morgan fingerprint density at radius 3 is 2.20 bits per heavy atom. The van der Waals surface area contributed by atoms with Gasteiger partial charge in [-0.2, -0.15) is 0 Å². The van der Waals surface area contributed by atoms with E-state index < -0.39 is 0 Å². The van der Waals surface area contributed by atoms with Crippen LogP contribution in [-0.2, 0) is 32.5 Å². The molecule has 59 heavy (non-hydrogen) atoms. The lowest BCUT2D eigenvalue weighted by Crippen LogP contribution is -2.25. The van der Waals surface area contributed by atoms with Crippen LogP contribution in [0.3, 0.4) is 0 Å². The number of aryl methyl sites for hydroxylation is 1. The minimum absolute atomic E-state index is 0.0831. The highest BCUT2D eigenvalue weighted by Crippen LogP contribution is 2.39. The van der Waals surface area contributed by atoms with Crippen LogP contribution in [0.15, 0.2) is 90.8 Å². The van der Waals surface area contributed by atoms with Gasteiger partial charge in [0.1, 0.15) is 22.6 Å². The van der Waals surface area contributed by atoms with E-state index in [1.54, 1.807) is 12.3 Å². The van der Waals surface area contributed by atoms with Crippen LogP contribution in [0.4, 0.5) is 0 Å². The van der Waals surface area contributed by atoms with Gasteiger partial charge < -0.3 is 30.6 Å². The first-order chi connectivity index (χ1) is 29.0. The average Bonchev–Trinajstić information content (AvgIpc) is 4.01. The summed E-state index contributed by atoms with van der Waals surface area (Å²) >= 11 is 0. The third-order valence-electron chi connectivity index (χ3n) is 11.1. The number of amides is 1. The first-order valence-corrected chi connectivity index (χ1v) is 19.6. The lowest BCUT2D eigenvalue weighted by molar-refractivity contribution is 0.0953. The van der Waals surface area contributed by atoms with Crippen molar-refractivity contribution in [2.75, 3.05) is 13.2 Å². The summed E-state index contributed by atoms with van der Waals surface area (Å²) < 4.78 is 0. The predicted octanol–water partition coefficient (Wildman–Crippen LogP) is 5.87. The Morgan fingerprint density at radius 2 is 1.37 bits per heavy atom. The standard InChI is InChI=1S/C45H38N10O4/c56-21-25-9-12-28-33(17-25)41-49-37(28)48-40-31-7-3-8-32(45(59)47-16-2-1-5-24-6-4-15-46-20-24)36(31)44(55-40)54-39-30-14-11-27(23-58)19-35(30)43(52-39)53-42-34-18-26(22-57)10-13-29(34)38(50-41)51-42/h3-4,6-11,13-15,18-20,56-58H,1-2,5,12,16-17,21-23H2,(H,47,59)(H2,48,49,50,51,52,53,54,55). The summed E-state index contributed by atoms with van der Waals surface area (Å²) in [4.78, 5) is 55.4. The zero-order chi connectivity index (χ0) is 40.0. The molecule has 0 spiro atoms. The Bertz CT molecular complexity index is 3030. The number of unbranched alkanes of at least 4 members (excludes halogenated alkanes) is 1. The van der Waals surface area contributed by atoms with Crippen molar-refractivity contribution < 1.29 is 20.1 Å². The van der Waals surface area contributed by atoms with Gasteiger partial charge in [0.05, 0.1) is 25.4 Å². The maximum atomic E-state index is 14.0. The molecule has 292 valence electrons. The first-order valence-electron chi connectivity index (χ1n) is 19.6. The number of nitrogens with one attached hydrogen (secondary N) is 3. The highest BCUT2D eigenvalue weighted by molar-refractivity contribution is 6.07. The molecule has 1 amide bonds. The largest absolute Gasteiger partial charge is 0.392 e. The second kappa shape index (κ2) is 15.1. The summed E-state index contributed by atoms with van der Waals surface area (Å²) in [6.45, 7) is 0.0644. The third kappa shape index (κ3) is 6.62. The maximum absolute atomic E-state index is 14.0. The fourth-order valence-corrected chi connectivity index (χ4v) is 8.06. The molecule has 7 aromatic rings. The molecule has 10 rings (SSSR count). The molecule has 0 unspecified atom stereocenters. The SMILES string of the molecule is O=C(NCCCCc1cccnc1)c1cccc2c1-c1nc-2nc2[nH]c(nc3nc(nc4[nH]c(n1)c1ccc(CO)cc41)-c1cc(CO)ccc1-3)c1c2CC=C(CO)C1. The number of allylic oxidation sites excluding steroid dienone is 1. The van der Waals surface area contributed by atoms with Crippen LogP contribution in [0, 0.1) is 0 Å². The molecule has 8 bridgehead atoms. The van der Waals surface area contributed by atoms with Gasteiger partial charge in [-0.05, 0) is 78.6 Å². The van der Waals surface area contributed by atoms with Gasteiger partial charge in [-0.15, -0.1) is 0 Å². The topological polar surface area (TPSA) is 212 Å². The quantitative estimate of drug-likeness (QED) is 0.0754. The molecule has 6 heterocycles. The van der Waals surface area contributed by atoms with Crippen molar-refractivity contribution in [2.45, 2.75) is 45.3 Å². The molecule has 0 saturated heterocycles. The molecular formula is C45H38N10O4. The molecule has 4 aromatic heterocycles. The van der Waals surface area contributed by atoms with Crippen molar-refractivity contribution >= 4 is 39.3 Å². The Hall–Kier alpha value is -7.00. The maximum Gasteiger partial charge on any atom is 0.252 e. The Kier molecular flexibility index (Phi) is 9.28. The van der Waals surface area contributed by atoms with Crippen molar-refractivity contribution in [1.29, 1.82) is 0 Å². The van der Waals surface area contributed by atoms with Crippen molar-refractivity contribution in [3.63, 3.8) is 0 Å². The number of aliphatic hydroxyl groups excluding tert-OH is 3. The smallest absolute Gasteiger partial charge is 0.252 e. The number of H-pyrrole nitrogens is 2. The molecule has 2 aliphatic heterocycles. The van der Waals surface area contributed by atoms with Gasteiger partial charge >= 0.3 is 0 Å². The van der Waals surface area contributed by atoms with Crippen molar-refractivity contribution in [1.82, 2.24) is 50.2 Å². The Labute approximate surface area is 336 Å². The first kappa shape index (κ1) is 36.3. The molecular weight excluding hydrogens is 745 g/mol. The number of carbonyl (C=O) groups excluding carboxylic acids is 1. The van der Waals surface area contributed by atoms with Crippen molar-refractivity contribution in [3.8, 4) is 45.6 Å². The monoisotopic (exact) mass is 782 g/mol. The second-order valence-electron chi connectivity index (χ2n) is 14.8. The fraction of sp³-hybridized carbons (Fsp3) is 0.200. The van der Waals surface area contributed by atoms with E-state index in [0.29, 0.717) is 104 Å². The number of hydrogen-bond acceptors (Lipinski definition) is 11. The van der Waals surface area contributed by atoms with Gasteiger partial charge in [0.25, 0.3) is 5.91 Å². The van der Waals surface area contributed by atoms with E-state index >= 15 is 0 Å². The summed E-state index contributed by atoms with van der Waals surface area (Å²) in [6, 6.07) is 20.6.